The van der Waals surface area contributed by atoms with Crippen LogP contribution in [0.4, 0.5) is 17.1 Å². The van der Waals surface area contributed by atoms with Crippen molar-refractivity contribution in [3.63, 3.8) is 0 Å². The zero-order chi connectivity index (χ0) is 41.1. The molecule has 3 heterocycles. The van der Waals surface area contributed by atoms with Crippen molar-refractivity contribution in [2.45, 2.75) is 101 Å². The number of amidine groups is 1. The van der Waals surface area contributed by atoms with E-state index in [9.17, 15) is 4.79 Å². The van der Waals surface area contributed by atoms with Gasteiger partial charge in [0.05, 0.1) is 23.2 Å². The second kappa shape index (κ2) is 20.6. The molecular formula is C50H56N6O2S2. The molecule has 1 saturated carbocycles. The number of rotatable bonds is 16. The molecule has 310 valence electrons. The largest absolute Gasteiger partial charge is 0.462 e. The average Bonchev–Trinajstić information content (AvgIpc) is 4.04. The molecule has 8 rings (SSSR count). The summed E-state index contributed by atoms with van der Waals surface area (Å²) >= 11 is 3.27. The summed E-state index contributed by atoms with van der Waals surface area (Å²) in [6, 6.07) is 35.0. The highest BCUT2D eigenvalue weighted by molar-refractivity contribution is 8.16. The number of aliphatic imine (C=N–C) groups is 1. The van der Waals surface area contributed by atoms with E-state index in [1.165, 1.54) is 91.3 Å². The highest BCUT2D eigenvalue weighted by atomic mass is 32.2. The first-order valence-corrected chi connectivity index (χ1v) is 23.6. The average molecular weight is 837 g/mol. The Kier molecular flexibility index (Phi) is 14.4. The maximum atomic E-state index is 11.5. The third kappa shape index (κ3) is 11.5. The zero-order valence-electron chi connectivity index (χ0n) is 34.8. The zero-order valence-corrected chi connectivity index (χ0v) is 36.4. The van der Waals surface area contributed by atoms with Crippen LogP contribution in [0.15, 0.2) is 146 Å². The summed E-state index contributed by atoms with van der Waals surface area (Å²) in [5.41, 5.74) is 9.97. The molecule has 4 aromatic rings. The molecule has 0 N–H and O–H groups in total. The van der Waals surface area contributed by atoms with Crippen molar-refractivity contribution in [2.75, 3.05) is 24.6 Å². The van der Waals surface area contributed by atoms with Crippen molar-refractivity contribution in [3.8, 4) is 11.1 Å². The molecule has 0 radical (unpaired) electrons. The van der Waals surface area contributed by atoms with Crippen LogP contribution in [-0.2, 0) is 16.0 Å². The lowest BCUT2D eigenvalue weighted by atomic mass is 9.77. The number of hydrogen-bond donors (Lipinski definition) is 0. The summed E-state index contributed by atoms with van der Waals surface area (Å²) in [5, 5.41) is 19.8. The van der Waals surface area contributed by atoms with Crippen molar-refractivity contribution < 1.29 is 9.53 Å². The molecule has 1 aliphatic carbocycles. The Balaban J connectivity index is 0.732. The Morgan fingerprint density at radius 3 is 2.02 bits per heavy atom. The van der Waals surface area contributed by atoms with Crippen LogP contribution in [0.2, 0.25) is 0 Å². The van der Waals surface area contributed by atoms with Gasteiger partial charge in [-0.1, -0.05) is 116 Å². The molecular weight excluding hydrogens is 781 g/mol. The number of carbonyl (C=O) groups excluding carboxylic acids is 1. The minimum absolute atomic E-state index is 0.0615. The number of ether oxygens (including phenoxy) is 1. The van der Waals surface area contributed by atoms with Gasteiger partial charge in [0.15, 0.2) is 0 Å². The van der Waals surface area contributed by atoms with Crippen LogP contribution in [0.25, 0.3) is 11.1 Å². The van der Waals surface area contributed by atoms with Crippen molar-refractivity contribution in [1.82, 2.24) is 0 Å². The minimum Gasteiger partial charge on any atom is -0.462 e. The molecule has 60 heavy (non-hydrogen) atoms. The molecule has 0 bridgehead atoms. The van der Waals surface area contributed by atoms with Gasteiger partial charge < -0.3 is 9.64 Å². The lowest BCUT2D eigenvalue weighted by molar-refractivity contribution is -0.139. The second-order valence-corrected chi connectivity index (χ2v) is 18.9. The molecule has 10 heteroatoms. The van der Waals surface area contributed by atoms with Gasteiger partial charge in [-0.25, -0.2) is 9.79 Å². The van der Waals surface area contributed by atoms with Crippen LogP contribution < -0.4 is 4.90 Å². The summed E-state index contributed by atoms with van der Waals surface area (Å²) in [6.45, 7) is 8.11. The number of carbonyl (C=O) groups is 1. The highest BCUT2D eigenvalue weighted by Crippen LogP contribution is 2.45. The second-order valence-electron chi connectivity index (χ2n) is 16.6. The van der Waals surface area contributed by atoms with Crippen molar-refractivity contribution in [2.24, 2.45) is 31.4 Å². The van der Waals surface area contributed by atoms with E-state index in [1.807, 2.05) is 24.3 Å². The number of azo groups is 2. The Bertz CT molecular complexity index is 2190. The standard InChI is InChI=1S/C50H56N6O2S2/c1-35(2)49(57)58-32-8-4-3-5-9-36-10-16-39(17-11-36)41-20-22-42(23-21-41)40-18-12-37(13-19-40)33-38-14-24-43(25-15-38)52-54-47-34-46-48(60-47)51-50(59-46)55-53-44-26-28-45(29-27-44)56-30-6-7-31-56/h12-15,18-29,34,36,39,46,48H,1,3-11,16-17,30-33H2,2H3. The minimum atomic E-state index is -0.272. The van der Waals surface area contributed by atoms with Crippen molar-refractivity contribution in [3.05, 3.63) is 137 Å². The molecule has 0 aromatic heterocycles. The molecule has 0 amide bonds. The Labute approximate surface area is 364 Å². The number of fused-ring (bicyclic) bond motifs is 1. The normalized spacial score (nSPS) is 21.4. The summed E-state index contributed by atoms with van der Waals surface area (Å²) in [6.07, 6.45) is 16.7. The molecule has 2 fully saturated rings. The van der Waals surface area contributed by atoms with E-state index >= 15 is 0 Å². The van der Waals surface area contributed by atoms with Crippen LogP contribution in [-0.4, -0.2) is 41.5 Å². The molecule has 2 atom stereocenters. The third-order valence-corrected chi connectivity index (χ3v) is 14.4. The van der Waals surface area contributed by atoms with Gasteiger partial charge in [-0.2, -0.15) is 5.11 Å². The van der Waals surface area contributed by atoms with Crippen LogP contribution in [0.3, 0.4) is 0 Å². The first-order chi connectivity index (χ1) is 29.4. The van der Waals surface area contributed by atoms with Crippen LogP contribution >= 0.6 is 23.5 Å². The smallest absolute Gasteiger partial charge is 0.333 e. The van der Waals surface area contributed by atoms with Gasteiger partial charge in [-0.15, -0.1) is 15.3 Å². The lowest BCUT2D eigenvalue weighted by Crippen LogP contribution is -2.17. The van der Waals surface area contributed by atoms with E-state index in [0.29, 0.717) is 18.1 Å². The number of benzene rings is 4. The number of nitrogens with zero attached hydrogens (tertiary/aromatic N) is 6. The topological polar surface area (TPSA) is 91.3 Å². The van der Waals surface area contributed by atoms with Crippen molar-refractivity contribution >= 4 is 51.7 Å². The van der Waals surface area contributed by atoms with Gasteiger partial charge in [-0.05, 0) is 140 Å². The van der Waals surface area contributed by atoms with E-state index in [2.05, 4.69) is 111 Å². The summed E-state index contributed by atoms with van der Waals surface area (Å²) in [4.78, 5) is 18.7. The number of hydrogen-bond acceptors (Lipinski definition) is 10. The summed E-state index contributed by atoms with van der Waals surface area (Å²) in [7, 11) is 0. The fraction of sp³-hybridized carbons (Fsp3) is 0.400. The molecule has 4 aromatic carbocycles. The Hall–Kier alpha value is -4.80. The van der Waals surface area contributed by atoms with Crippen LogP contribution in [0, 0.1) is 5.92 Å². The molecule has 1 saturated heterocycles. The molecule has 4 aliphatic rings. The summed E-state index contributed by atoms with van der Waals surface area (Å²) < 4.78 is 5.21. The molecule has 2 unspecified atom stereocenters. The fourth-order valence-electron chi connectivity index (χ4n) is 8.57. The Morgan fingerprint density at radius 2 is 1.35 bits per heavy atom. The van der Waals surface area contributed by atoms with Gasteiger partial charge in [0, 0.05) is 24.4 Å². The fourth-order valence-corrected chi connectivity index (χ4v) is 10.9. The quantitative estimate of drug-likeness (QED) is 0.0485. The lowest BCUT2D eigenvalue weighted by Gasteiger charge is -2.29. The van der Waals surface area contributed by atoms with Gasteiger partial charge >= 0.3 is 5.97 Å². The molecule has 3 aliphatic heterocycles. The third-order valence-electron chi connectivity index (χ3n) is 12.1. The SMILES string of the molecule is C=C(C)C(=O)OCCCCCCC1CCC(c2ccc(-c3ccc(Cc4ccc(N=NC5=CC6SC(N=Nc7ccc(N8CCCC8)cc7)=NC6S5)cc4)cc3)cc2)CC1. The first kappa shape index (κ1) is 41.9. The van der Waals surface area contributed by atoms with E-state index in [1.54, 1.807) is 30.4 Å². The molecule has 8 nitrogen and oxygen atoms in total. The number of thioether (sulfide) groups is 2. The first-order valence-electron chi connectivity index (χ1n) is 21.8. The van der Waals surface area contributed by atoms with Crippen LogP contribution in [0.5, 0.6) is 0 Å². The van der Waals surface area contributed by atoms with Gasteiger partial charge in [0.1, 0.15) is 10.4 Å². The van der Waals surface area contributed by atoms with Crippen LogP contribution in [0.1, 0.15) is 100 Å². The van der Waals surface area contributed by atoms with E-state index in [-0.39, 0.29) is 16.6 Å². The Morgan fingerprint density at radius 1 is 0.733 bits per heavy atom. The maximum Gasteiger partial charge on any atom is 0.333 e. The van der Waals surface area contributed by atoms with Gasteiger partial charge in [-0.3, -0.25) is 0 Å². The van der Waals surface area contributed by atoms with E-state index < -0.39 is 0 Å². The number of esters is 1. The monoisotopic (exact) mass is 836 g/mol. The number of anilines is 1. The highest BCUT2D eigenvalue weighted by Gasteiger charge is 2.36. The predicted molar refractivity (Wildman–Crippen MR) is 250 cm³/mol. The maximum absolute atomic E-state index is 11.5. The van der Waals surface area contributed by atoms with Crippen molar-refractivity contribution in [1.29, 1.82) is 0 Å². The number of unbranched alkanes of at least 4 members (excludes halogenated alkanes) is 3. The van der Waals surface area contributed by atoms with Gasteiger partial charge in [0.25, 0.3) is 0 Å². The predicted octanol–water partition coefficient (Wildman–Crippen LogP) is 14.1. The van der Waals surface area contributed by atoms with E-state index in [0.717, 1.165) is 59.8 Å². The van der Waals surface area contributed by atoms with Gasteiger partial charge in [0.2, 0.25) is 5.17 Å². The molecule has 0 spiro atoms. The van der Waals surface area contributed by atoms with E-state index in [4.69, 9.17) is 9.73 Å². The summed E-state index contributed by atoms with van der Waals surface area (Å²) in [5.74, 6) is 1.25.